The minimum atomic E-state index is -0.503. The summed E-state index contributed by atoms with van der Waals surface area (Å²) in [5.74, 6) is 0.0102. The fraction of sp³-hybridized carbons (Fsp3) is 0.238. The first kappa shape index (κ1) is 20.6. The maximum Gasteiger partial charge on any atom is 0.311 e. The van der Waals surface area contributed by atoms with Gasteiger partial charge in [-0.05, 0) is 61.4 Å². The number of nitro groups is 1. The highest BCUT2D eigenvalue weighted by atomic mass is 32.2. The van der Waals surface area contributed by atoms with Gasteiger partial charge in [-0.15, -0.1) is 0 Å². The molecule has 7 nitrogen and oxygen atoms in total. The van der Waals surface area contributed by atoms with E-state index in [0.29, 0.717) is 22.2 Å². The molecule has 150 valence electrons. The number of nitro benzene ring substituents is 1. The second-order valence-corrected chi connectivity index (χ2v) is 7.49. The Labute approximate surface area is 173 Å². The molecular formula is C21H21N3O4S. The highest BCUT2D eigenvalue weighted by molar-refractivity contribution is 8.18. The first-order valence-corrected chi connectivity index (χ1v) is 9.86. The molecule has 1 aliphatic rings. The Balaban J connectivity index is 2.00. The third kappa shape index (κ3) is 4.17. The number of methoxy groups -OCH3 is 1. The van der Waals surface area contributed by atoms with Crippen molar-refractivity contribution in [3.63, 3.8) is 0 Å². The first-order chi connectivity index (χ1) is 13.8. The Bertz CT molecular complexity index is 1030. The fourth-order valence-corrected chi connectivity index (χ4v) is 4.09. The summed E-state index contributed by atoms with van der Waals surface area (Å²) in [5.41, 5.74) is 3.32. The quantitative estimate of drug-likeness (QED) is 0.399. The number of para-hydroxylation sites is 1. The molecule has 1 saturated heterocycles. The lowest BCUT2D eigenvalue weighted by Gasteiger charge is -2.13. The average Bonchev–Trinajstić information content (AvgIpc) is 2.99. The number of likely N-dealkylation sites (N-methyl/N-ethyl adjacent to an activating group) is 1. The zero-order valence-electron chi connectivity index (χ0n) is 16.6. The predicted molar refractivity (Wildman–Crippen MR) is 116 cm³/mol. The molecule has 3 rings (SSSR count). The van der Waals surface area contributed by atoms with E-state index < -0.39 is 4.92 Å². The van der Waals surface area contributed by atoms with Gasteiger partial charge in [0.05, 0.1) is 22.6 Å². The van der Waals surface area contributed by atoms with Crippen LogP contribution < -0.4 is 4.74 Å². The molecule has 0 unspecified atom stereocenters. The van der Waals surface area contributed by atoms with E-state index in [-0.39, 0.29) is 17.3 Å². The van der Waals surface area contributed by atoms with E-state index in [1.807, 2.05) is 39.0 Å². The van der Waals surface area contributed by atoms with Gasteiger partial charge in [-0.1, -0.05) is 24.3 Å². The van der Waals surface area contributed by atoms with Crippen molar-refractivity contribution in [1.29, 1.82) is 0 Å². The Hall–Kier alpha value is -3.13. The van der Waals surface area contributed by atoms with Gasteiger partial charge in [-0.2, -0.15) is 0 Å². The van der Waals surface area contributed by atoms with Gasteiger partial charge in [0.15, 0.2) is 10.9 Å². The molecule has 0 saturated carbocycles. The number of thioether (sulfide) groups is 1. The normalized spacial score (nSPS) is 16.7. The second kappa shape index (κ2) is 8.48. The van der Waals surface area contributed by atoms with Crippen molar-refractivity contribution in [2.24, 2.45) is 4.99 Å². The maximum absolute atomic E-state index is 12.9. The minimum Gasteiger partial charge on any atom is -0.490 e. The summed E-state index contributed by atoms with van der Waals surface area (Å²) in [7, 11) is 1.38. The highest BCUT2D eigenvalue weighted by Crippen LogP contribution is 2.36. The van der Waals surface area contributed by atoms with Gasteiger partial charge in [-0.25, -0.2) is 4.99 Å². The van der Waals surface area contributed by atoms with Crippen LogP contribution in [0.25, 0.3) is 6.08 Å². The minimum absolute atomic E-state index is 0.144. The number of benzene rings is 2. The van der Waals surface area contributed by atoms with Crippen LogP contribution in [0.1, 0.15) is 23.6 Å². The number of aliphatic imine (C=N–C) groups is 1. The Kier molecular flexibility index (Phi) is 6.03. The number of carbonyl (C=O) groups is 1. The molecule has 0 N–H and O–H groups in total. The molecule has 1 aliphatic heterocycles. The van der Waals surface area contributed by atoms with E-state index in [9.17, 15) is 14.9 Å². The van der Waals surface area contributed by atoms with Crippen LogP contribution in [-0.2, 0) is 4.79 Å². The Morgan fingerprint density at radius 1 is 1.24 bits per heavy atom. The third-order valence-electron chi connectivity index (χ3n) is 4.55. The SMILES string of the molecule is CCN1C(=O)/C(=C\c2ccc(OC)c([N+](=O)[O-])c2)SC1=Nc1c(C)cccc1C. The summed E-state index contributed by atoms with van der Waals surface area (Å²) >= 11 is 1.27. The van der Waals surface area contributed by atoms with Crippen molar-refractivity contribution >= 4 is 40.3 Å². The van der Waals surface area contributed by atoms with Crippen LogP contribution in [0.5, 0.6) is 5.75 Å². The largest absolute Gasteiger partial charge is 0.490 e. The summed E-state index contributed by atoms with van der Waals surface area (Å²) in [6.07, 6.45) is 1.65. The molecular weight excluding hydrogens is 390 g/mol. The van der Waals surface area contributed by atoms with Crippen LogP contribution >= 0.6 is 11.8 Å². The second-order valence-electron chi connectivity index (χ2n) is 6.48. The number of rotatable bonds is 5. The number of amidine groups is 1. The van der Waals surface area contributed by atoms with E-state index in [2.05, 4.69) is 0 Å². The van der Waals surface area contributed by atoms with Crippen LogP contribution in [0.2, 0.25) is 0 Å². The number of hydrogen-bond acceptors (Lipinski definition) is 6. The molecule has 0 bridgehead atoms. The first-order valence-electron chi connectivity index (χ1n) is 9.04. The average molecular weight is 411 g/mol. The van der Waals surface area contributed by atoms with Gasteiger partial charge < -0.3 is 4.74 Å². The van der Waals surface area contributed by atoms with Gasteiger partial charge in [0.2, 0.25) is 0 Å². The predicted octanol–water partition coefficient (Wildman–Crippen LogP) is 4.84. The van der Waals surface area contributed by atoms with Crippen molar-refractivity contribution < 1.29 is 14.5 Å². The fourth-order valence-electron chi connectivity index (χ4n) is 3.04. The van der Waals surface area contributed by atoms with Gasteiger partial charge in [-0.3, -0.25) is 19.8 Å². The molecule has 29 heavy (non-hydrogen) atoms. The highest BCUT2D eigenvalue weighted by Gasteiger charge is 2.32. The van der Waals surface area contributed by atoms with Gasteiger partial charge in [0, 0.05) is 12.6 Å². The maximum atomic E-state index is 12.9. The molecule has 1 heterocycles. The molecule has 1 amide bonds. The van der Waals surface area contributed by atoms with Gasteiger partial charge in [0.25, 0.3) is 5.91 Å². The topological polar surface area (TPSA) is 85.0 Å². The smallest absolute Gasteiger partial charge is 0.311 e. The lowest BCUT2D eigenvalue weighted by molar-refractivity contribution is -0.385. The monoisotopic (exact) mass is 411 g/mol. The van der Waals surface area contributed by atoms with E-state index >= 15 is 0 Å². The Morgan fingerprint density at radius 2 is 1.93 bits per heavy atom. The summed E-state index contributed by atoms with van der Waals surface area (Å²) in [6, 6.07) is 10.5. The van der Waals surface area contributed by atoms with Crippen LogP contribution in [0.15, 0.2) is 46.3 Å². The zero-order valence-corrected chi connectivity index (χ0v) is 17.4. The van der Waals surface area contributed by atoms with Gasteiger partial charge in [0.1, 0.15) is 0 Å². The van der Waals surface area contributed by atoms with Crippen molar-refractivity contribution in [3.8, 4) is 5.75 Å². The van der Waals surface area contributed by atoms with E-state index in [1.165, 1.54) is 31.0 Å². The lowest BCUT2D eigenvalue weighted by atomic mass is 10.1. The number of carbonyl (C=O) groups excluding carboxylic acids is 1. The van der Waals surface area contributed by atoms with E-state index in [0.717, 1.165) is 16.8 Å². The molecule has 8 heteroatoms. The molecule has 0 atom stereocenters. The molecule has 2 aromatic carbocycles. The molecule has 0 spiro atoms. The molecule has 1 fully saturated rings. The summed E-state index contributed by atoms with van der Waals surface area (Å²) in [6.45, 7) is 6.34. The molecule has 0 aliphatic carbocycles. The van der Waals surface area contributed by atoms with Crippen LogP contribution in [0.4, 0.5) is 11.4 Å². The summed E-state index contributed by atoms with van der Waals surface area (Å²) in [4.78, 5) is 30.4. The van der Waals surface area contributed by atoms with Crippen molar-refractivity contribution in [2.75, 3.05) is 13.7 Å². The van der Waals surface area contributed by atoms with Gasteiger partial charge >= 0.3 is 5.69 Å². The number of hydrogen-bond donors (Lipinski definition) is 0. The molecule has 0 aromatic heterocycles. The lowest BCUT2D eigenvalue weighted by Crippen LogP contribution is -2.28. The van der Waals surface area contributed by atoms with Crippen LogP contribution in [0.3, 0.4) is 0 Å². The third-order valence-corrected chi connectivity index (χ3v) is 5.56. The number of aryl methyl sites for hydroxylation is 2. The zero-order chi connectivity index (χ0) is 21.1. The van der Waals surface area contributed by atoms with Crippen LogP contribution in [-0.4, -0.2) is 34.6 Å². The molecule has 2 aromatic rings. The van der Waals surface area contributed by atoms with Crippen molar-refractivity contribution in [2.45, 2.75) is 20.8 Å². The number of ether oxygens (including phenoxy) is 1. The summed E-state index contributed by atoms with van der Waals surface area (Å²) < 4.78 is 5.03. The van der Waals surface area contributed by atoms with Crippen molar-refractivity contribution in [3.05, 3.63) is 68.1 Å². The van der Waals surface area contributed by atoms with E-state index in [4.69, 9.17) is 9.73 Å². The number of amides is 1. The van der Waals surface area contributed by atoms with E-state index in [1.54, 1.807) is 17.0 Å². The standard InChI is InChI=1S/C21H21N3O4S/c1-5-23-20(25)18(12-15-9-10-17(28-4)16(11-15)24(26)27)29-21(23)22-19-13(2)7-6-8-14(19)3/h6-12H,5H2,1-4H3/b18-12+,22-21?. The van der Waals surface area contributed by atoms with Crippen LogP contribution in [0, 0.1) is 24.0 Å². The summed E-state index contributed by atoms with van der Waals surface area (Å²) in [5, 5.41) is 11.9. The Morgan fingerprint density at radius 3 is 2.52 bits per heavy atom. The molecule has 0 radical (unpaired) electrons. The number of nitrogens with zero attached hydrogens (tertiary/aromatic N) is 3. The van der Waals surface area contributed by atoms with Crippen molar-refractivity contribution in [1.82, 2.24) is 4.90 Å².